The zero-order chi connectivity index (χ0) is 11.9. The second-order valence-electron chi connectivity index (χ2n) is 3.21. The molecule has 0 aromatic heterocycles. The fourth-order valence-electron chi connectivity index (χ4n) is 0.807. The number of sulfone groups is 1. The molecule has 2 N–H and O–H groups in total. The van der Waals surface area contributed by atoms with Crippen LogP contribution in [0.1, 0.15) is 13.3 Å². The molecule has 0 fully saturated rings. The van der Waals surface area contributed by atoms with Gasteiger partial charge in [0.1, 0.15) is 9.84 Å². The summed E-state index contributed by atoms with van der Waals surface area (Å²) in [7, 11) is -3.09. The summed E-state index contributed by atoms with van der Waals surface area (Å²) in [6.45, 7) is 2.04. The van der Waals surface area contributed by atoms with Gasteiger partial charge in [0, 0.05) is 32.7 Å². The molecule has 0 saturated carbocycles. The number of hydrogen-bond acceptors (Lipinski definition) is 4. The van der Waals surface area contributed by atoms with Crippen molar-refractivity contribution in [2.24, 2.45) is 0 Å². The van der Waals surface area contributed by atoms with Crippen LogP contribution in [-0.4, -0.2) is 45.3 Å². The van der Waals surface area contributed by atoms with Gasteiger partial charge in [-0.15, -0.1) is 0 Å². The molecule has 15 heavy (non-hydrogen) atoms. The Morgan fingerprint density at radius 1 is 1.13 bits per heavy atom. The highest BCUT2D eigenvalue weighted by atomic mass is 32.2. The number of carbonyl (C=O) groups excluding carboxylic acids is 2. The second-order valence-corrected chi connectivity index (χ2v) is 5.47. The number of rotatable bonds is 6. The molecule has 0 atom stereocenters. The molecule has 0 spiro atoms. The number of nitrogens with one attached hydrogen (secondary N) is 2. The minimum atomic E-state index is -3.09. The van der Waals surface area contributed by atoms with Crippen LogP contribution in [0.3, 0.4) is 0 Å². The van der Waals surface area contributed by atoms with E-state index in [1.165, 1.54) is 6.92 Å². The molecule has 0 aliphatic rings. The summed E-state index contributed by atoms with van der Waals surface area (Å²) in [5.41, 5.74) is 0. The smallest absolute Gasteiger partial charge is 0.221 e. The SMILES string of the molecule is CC(=O)NCCNC(=O)CCS(C)(=O)=O. The first-order valence-corrected chi connectivity index (χ1v) is 6.56. The summed E-state index contributed by atoms with van der Waals surface area (Å²) in [5.74, 6) is -0.648. The Hall–Kier alpha value is -1.11. The molecule has 0 aliphatic heterocycles. The van der Waals surface area contributed by atoms with E-state index in [1.807, 2.05) is 0 Å². The fraction of sp³-hybridized carbons (Fsp3) is 0.750. The van der Waals surface area contributed by atoms with Gasteiger partial charge in [0.15, 0.2) is 0 Å². The van der Waals surface area contributed by atoms with Gasteiger partial charge in [-0.1, -0.05) is 0 Å². The highest BCUT2D eigenvalue weighted by Gasteiger charge is 2.06. The maximum Gasteiger partial charge on any atom is 0.221 e. The average Bonchev–Trinajstić information content (AvgIpc) is 2.07. The Balaban J connectivity index is 3.55. The highest BCUT2D eigenvalue weighted by Crippen LogP contribution is 1.88. The molecule has 0 unspecified atom stereocenters. The van der Waals surface area contributed by atoms with Gasteiger partial charge in [-0.05, 0) is 0 Å². The fourth-order valence-corrected chi connectivity index (χ4v) is 1.36. The van der Waals surface area contributed by atoms with Gasteiger partial charge in [-0.3, -0.25) is 9.59 Å². The summed E-state index contributed by atoms with van der Waals surface area (Å²) in [6, 6.07) is 0. The Labute approximate surface area is 89.3 Å². The van der Waals surface area contributed by atoms with Gasteiger partial charge in [0.05, 0.1) is 5.75 Å². The van der Waals surface area contributed by atoms with E-state index in [9.17, 15) is 18.0 Å². The van der Waals surface area contributed by atoms with Crippen molar-refractivity contribution < 1.29 is 18.0 Å². The Morgan fingerprint density at radius 3 is 2.13 bits per heavy atom. The van der Waals surface area contributed by atoms with E-state index >= 15 is 0 Å². The number of amides is 2. The third-order valence-corrected chi connectivity index (χ3v) is 2.47. The molecule has 0 aromatic rings. The quantitative estimate of drug-likeness (QED) is 0.559. The first-order chi connectivity index (χ1) is 6.81. The minimum absolute atomic E-state index is 0.0428. The van der Waals surface area contributed by atoms with E-state index in [0.29, 0.717) is 13.1 Å². The van der Waals surface area contributed by atoms with E-state index in [0.717, 1.165) is 6.26 Å². The van der Waals surface area contributed by atoms with Crippen LogP contribution < -0.4 is 10.6 Å². The van der Waals surface area contributed by atoms with Crippen LogP contribution in [-0.2, 0) is 19.4 Å². The largest absolute Gasteiger partial charge is 0.355 e. The van der Waals surface area contributed by atoms with Crippen molar-refractivity contribution >= 4 is 21.7 Å². The first-order valence-electron chi connectivity index (χ1n) is 4.50. The number of carbonyl (C=O) groups is 2. The molecular weight excluding hydrogens is 220 g/mol. The highest BCUT2D eigenvalue weighted by molar-refractivity contribution is 7.90. The van der Waals surface area contributed by atoms with Crippen molar-refractivity contribution in [2.45, 2.75) is 13.3 Å². The molecule has 0 rings (SSSR count). The third kappa shape index (κ3) is 10.8. The van der Waals surface area contributed by atoms with Crippen LogP contribution in [0, 0.1) is 0 Å². The van der Waals surface area contributed by atoms with E-state index in [4.69, 9.17) is 0 Å². The predicted molar refractivity (Wildman–Crippen MR) is 56.0 cm³/mol. The van der Waals surface area contributed by atoms with Crippen molar-refractivity contribution in [1.82, 2.24) is 10.6 Å². The topological polar surface area (TPSA) is 92.3 Å². The minimum Gasteiger partial charge on any atom is -0.355 e. The molecule has 2 amide bonds. The Bertz CT molecular complexity index is 324. The molecule has 0 saturated heterocycles. The summed E-state index contributed by atoms with van der Waals surface area (Å²) in [6.07, 6.45) is 1.04. The molecule has 0 heterocycles. The van der Waals surface area contributed by atoms with E-state index < -0.39 is 9.84 Å². The third-order valence-electron chi connectivity index (χ3n) is 1.52. The van der Waals surface area contributed by atoms with Crippen LogP contribution in [0.15, 0.2) is 0 Å². The lowest BCUT2D eigenvalue weighted by Crippen LogP contribution is -2.34. The van der Waals surface area contributed by atoms with Crippen molar-refractivity contribution in [3.05, 3.63) is 0 Å². The number of hydrogen-bond donors (Lipinski definition) is 2. The molecule has 0 aliphatic carbocycles. The average molecular weight is 236 g/mol. The standard InChI is InChI=1S/C8H16N2O4S/c1-7(11)9-4-5-10-8(12)3-6-15(2,13)14/h3-6H2,1-2H3,(H,9,11)(H,10,12). The summed E-state index contributed by atoms with van der Waals surface area (Å²) in [4.78, 5) is 21.5. The summed E-state index contributed by atoms with van der Waals surface area (Å²) in [5, 5.41) is 4.99. The molecular formula is C8H16N2O4S. The lowest BCUT2D eigenvalue weighted by atomic mass is 10.4. The van der Waals surface area contributed by atoms with E-state index in [1.54, 1.807) is 0 Å². The van der Waals surface area contributed by atoms with Crippen molar-refractivity contribution in [3.8, 4) is 0 Å². The summed E-state index contributed by atoms with van der Waals surface area (Å²) < 4.78 is 21.4. The van der Waals surface area contributed by atoms with Crippen molar-refractivity contribution in [3.63, 3.8) is 0 Å². The van der Waals surface area contributed by atoms with Gasteiger partial charge in [0.2, 0.25) is 11.8 Å². The maximum absolute atomic E-state index is 11.0. The van der Waals surface area contributed by atoms with E-state index in [2.05, 4.69) is 10.6 Å². The van der Waals surface area contributed by atoms with Crippen LogP contribution in [0.25, 0.3) is 0 Å². The van der Waals surface area contributed by atoms with Crippen LogP contribution in [0.2, 0.25) is 0 Å². The monoisotopic (exact) mass is 236 g/mol. The summed E-state index contributed by atoms with van der Waals surface area (Å²) >= 11 is 0. The van der Waals surface area contributed by atoms with Gasteiger partial charge < -0.3 is 10.6 Å². The van der Waals surface area contributed by atoms with Gasteiger partial charge in [0.25, 0.3) is 0 Å². The zero-order valence-electron chi connectivity index (χ0n) is 8.87. The van der Waals surface area contributed by atoms with Crippen molar-refractivity contribution in [2.75, 3.05) is 25.1 Å². The molecule has 6 nitrogen and oxygen atoms in total. The Morgan fingerprint density at radius 2 is 1.67 bits per heavy atom. The van der Waals surface area contributed by atoms with E-state index in [-0.39, 0.29) is 24.0 Å². The van der Waals surface area contributed by atoms with Gasteiger partial charge >= 0.3 is 0 Å². The first kappa shape index (κ1) is 13.9. The lowest BCUT2D eigenvalue weighted by molar-refractivity contribution is -0.121. The van der Waals surface area contributed by atoms with Gasteiger partial charge in [-0.25, -0.2) is 8.42 Å². The normalized spacial score (nSPS) is 10.8. The van der Waals surface area contributed by atoms with Crippen LogP contribution >= 0.6 is 0 Å². The second kappa shape index (κ2) is 6.39. The predicted octanol–water partition coefficient (Wildman–Crippen LogP) is -1.33. The van der Waals surface area contributed by atoms with Gasteiger partial charge in [-0.2, -0.15) is 0 Å². The molecule has 88 valence electrons. The maximum atomic E-state index is 11.0. The van der Waals surface area contributed by atoms with Crippen LogP contribution in [0.4, 0.5) is 0 Å². The molecule has 7 heteroatoms. The molecule has 0 aromatic carbocycles. The molecule has 0 radical (unpaired) electrons. The molecule has 0 bridgehead atoms. The Kier molecular flexibility index (Phi) is 5.92. The van der Waals surface area contributed by atoms with Crippen LogP contribution in [0.5, 0.6) is 0 Å². The lowest BCUT2D eigenvalue weighted by Gasteiger charge is -2.04. The van der Waals surface area contributed by atoms with Crippen molar-refractivity contribution in [1.29, 1.82) is 0 Å². The zero-order valence-corrected chi connectivity index (χ0v) is 9.69.